The van der Waals surface area contributed by atoms with Crippen LogP contribution in [-0.4, -0.2) is 44.2 Å². The Morgan fingerprint density at radius 3 is 2.33 bits per heavy atom. The Morgan fingerprint density at radius 2 is 1.72 bits per heavy atom. The molecule has 1 N–H and O–H groups in total. The van der Waals surface area contributed by atoms with E-state index in [4.69, 9.17) is 4.74 Å². The summed E-state index contributed by atoms with van der Waals surface area (Å²) in [6, 6.07) is 3.98. The fourth-order valence-electron chi connectivity index (χ4n) is 1.88. The van der Waals surface area contributed by atoms with Crippen molar-refractivity contribution in [2.45, 2.75) is 0 Å². The highest BCUT2D eigenvalue weighted by atomic mass is 79.9. The van der Waals surface area contributed by atoms with Crippen LogP contribution in [0.2, 0.25) is 0 Å². The van der Waals surface area contributed by atoms with Gasteiger partial charge in [0.2, 0.25) is 0 Å². The first kappa shape index (κ1) is 14.8. The lowest BCUT2D eigenvalue weighted by molar-refractivity contribution is 0.190. The van der Waals surface area contributed by atoms with Crippen molar-refractivity contribution in [2.75, 3.05) is 39.3 Å². The lowest BCUT2D eigenvalue weighted by Crippen LogP contribution is -2.44. The minimum absolute atomic E-state index is 0.707. The number of hydrogen-bond acceptors (Lipinski definition) is 3. The van der Waals surface area contributed by atoms with E-state index in [0.717, 1.165) is 51.9 Å². The van der Waals surface area contributed by atoms with Gasteiger partial charge in [0, 0.05) is 37.2 Å². The lowest BCUT2D eigenvalue weighted by Gasteiger charge is -2.27. The minimum atomic E-state index is 0.707. The van der Waals surface area contributed by atoms with Crippen molar-refractivity contribution in [1.29, 1.82) is 0 Å². The van der Waals surface area contributed by atoms with Crippen molar-refractivity contribution in [3.8, 4) is 5.75 Å². The van der Waals surface area contributed by atoms with Gasteiger partial charge in [-0.3, -0.25) is 4.90 Å². The van der Waals surface area contributed by atoms with E-state index in [1.165, 1.54) is 0 Å². The van der Waals surface area contributed by atoms with Crippen LogP contribution in [-0.2, 0) is 0 Å². The Balaban J connectivity index is 1.86. The molecule has 1 aromatic carbocycles. The second-order valence-corrected chi connectivity index (χ2v) is 6.76. The Bertz CT molecular complexity index is 385. The van der Waals surface area contributed by atoms with E-state index >= 15 is 0 Å². The van der Waals surface area contributed by atoms with Crippen LogP contribution < -0.4 is 10.1 Å². The van der Waals surface area contributed by atoms with Crippen molar-refractivity contribution in [3.63, 3.8) is 0 Å². The molecule has 1 heterocycles. The predicted octanol–water partition coefficient (Wildman–Crippen LogP) is 3.26. The van der Waals surface area contributed by atoms with Gasteiger partial charge in [0.1, 0.15) is 12.4 Å². The topological polar surface area (TPSA) is 24.5 Å². The van der Waals surface area contributed by atoms with Crippen molar-refractivity contribution in [2.24, 2.45) is 0 Å². The first-order valence-corrected chi connectivity index (χ1v) is 8.25. The average Bonchev–Trinajstić information content (AvgIpc) is 2.34. The Morgan fingerprint density at radius 1 is 1.11 bits per heavy atom. The largest absolute Gasteiger partial charge is 0.490 e. The summed E-state index contributed by atoms with van der Waals surface area (Å²) >= 11 is 10.5. The highest BCUT2D eigenvalue weighted by molar-refractivity contribution is 9.11. The van der Waals surface area contributed by atoms with Crippen LogP contribution in [0, 0.1) is 0 Å². The molecular weight excluding hydrogens is 428 g/mol. The molecule has 0 atom stereocenters. The summed E-state index contributed by atoms with van der Waals surface area (Å²) < 4.78 is 8.80. The van der Waals surface area contributed by atoms with Gasteiger partial charge in [-0.2, -0.15) is 0 Å². The number of nitrogens with zero attached hydrogens (tertiary/aromatic N) is 1. The molecule has 0 saturated carbocycles. The Labute approximate surface area is 133 Å². The SMILES string of the molecule is Brc1cc(Br)c(OCCN2CCNCC2)c(Br)c1. The molecule has 1 saturated heterocycles. The molecule has 3 nitrogen and oxygen atoms in total. The Hall–Kier alpha value is 0.380. The molecule has 6 heteroatoms. The number of nitrogens with one attached hydrogen (secondary N) is 1. The van der Waals surface area contributed by atoms with Gasteiger partial charge in [0.25, 0.3) is 0 Å². The van der Waals surface area contributed by atoms with Gasteiger partial charge >= 0.3 is 0 Å². The molecule has 0 radical (unpaired) electrons. The van der Waals surface area contributed by atoms with Gasteiger partial charge in [-0.15, -0.1) is 0 Å². The summed E-state index contributed by atoms with van der Waals surface area (Å²) in [7, 11) is 0. The van der Waals surface area contributed by atoms with Gasteiger partial charge in [0.05, 0.1) is 8.95 Å². The highest BCUT2D eigenvalue weighted by Gasteiger charge is 2.11. The van der Waals surface area contributed by atoms with E-state index in [-0.39, 0.29) is 0 Å². The molecule has 1 aliphatic rings. The molecule has 0 aromatic heterocycles. The van der Waals surface area contributed by atoms with E-state index in [2.05, 4.69) is 58.0 Å². The number of piperazine rings is 1. The van der Waals surface area contributed by atoms with Crippen LogP contribution in [0.1, 0.15) is 0 Å². The normalized spacial score (nSPS) is 16.8. The maximum Gasteiger partial charge on any atom is 0.147 e. The van der Waals surface area contributed by atoms with Crippen molar-refractivity contribution < 1.29 is 4.74 Å². The molecule has 1 aliphatic heterocycles. The fourth-order valence-corrected chi connectivity index (χ4v) is 4.37. The highest BCUT2D eigenvalue weighted by Crippen LogP contribution is 2.36. The monoisotopic (exact) mass is 440 g/mol. The zero-order valence-corrected chi connectivity index (χ0v) is 14.6. The minimum Gasteiger partial charge on any atom is -0.490 e. The second kappa shape index (κ2) is 7.24. The summed E-state index contributed by atoms with van der Waals surface area (Å²) in [4.78, 5) is 2.41. The summed E-state index contributed by atoms with van der Waals surface area (Å²) in [6.45, 7) is 6.03. The molecule has 100 valence electrons. The number of hydrogen-bond donors (Lipinski definition) is 1. The molecule has 18 heavy (non-hydrogen) atoms. The first-order valence-electron chi connectivity index (χ1n) is 5.87. The van der Waals surface area contributed by atoms with Gasteiger partial charge in [-0.25, -0.2) is 0 Å². The third-order valence-corrected chi connectivity index (χ3v) is 4.46. The molecule has 1 fully saturated rings. The number of benzene rings is 1. The molecule has 2 rings (SSSR count). The third kappa shape index (κ3) is 4.20. The zero-order valence-electron chi connectivity index (χ0n) is 9.89. The molecular formula is C12H15Br3N2O. The van der Waals surface area contributed by atoms with E-state index in [0.29, 0.717) is 6.61 Å². The van der Waals surface area contributed by atoms with Crippen LogP contribution in [0.4, 0.5) is 0 Å². The molecule has 0 aliphatic carbocycles. The fraction of sp³-hybridized carbons (Fsp3) is 0.500. The van der Waals surface area contributed by atoms with Crippen LogP contribution in [0.5, 0.6) is 5.75 Å². The number of rotatable bonds is 4. The van der Waals surface area contributed by atoms with Gasteiger partial charge in [0.15, 0.2) is 0 Å². The molecule has 0 spiro atoms. The summed E-state index contributed by atoms with van der Waals surface area (Å²) in [5, 5.41) is 3.34. The zero-order chi connectivity index (χ0) is 13.0. The second-order valence-electron chi connectivity index (χ2n) is 4.14. The molecule has 0 bridgehead atoms. The van der Waals surface area contributed by atoms with Crippen LogP contribution in [0.25, 0.3) is 0 Å². The quantitative estimate of drug-likeness (QED) is 0.774. The molecule has 0 amide bonds. The van der Waals surface area contributed by atoms with Crippen molar-refractivity contribution in [3.05, 3.63) is 25.6 Å². The third-order valence-electron chi connectivity index (χ3n) is 2.83. The summed E-state index contributed by atoms with van der Waals surface area (Å²) in [6.07, 6.45) is 0. The maximum absolute atomic E-state index is 5.85. The smallest absolute Gasteiger partial charge is 0.147 e. The van der Waals surface area contributed by atoms with E-state index in [9.17, 15) is 0 Å². The van der Waals surface area contributed by atoms with E-state index < -0.39 is 0 Å². The number of ether oxygens (including phenoxy) is 1. The van der Waals surface area contributed by atoms with E-state index in [1.807, 2.05) is 12.1 Å². The van der Waals surface area contributed by atoms with Gasteiger partial charge in [-0.1, -0.05) is 15.9 Å². The van der Waals surface area contributed by atoms with Crippen molar-refractivity contribution in [1.82, 2.24) is 10.2 Å². The average molecular weight is 443 g/mol. The summed E-state index contributed by atoms with van der Waals surface area (Å²) in [5.74, 6) is 0.869. The van der Waals surface area contributed by atoms with Crippen LogP contribution >= 0.6 is 47.8 Å². The maximum atomic E-state index is 5.85. The predicted molar refractivity (Wildman–Crippen MR) is 84.3 cm³/mol. The van der Waals surface area contributed by atoms with E-state index in [1.54, 1.807) is 0 Å². The molecule has 1 aromatic rings. The number of halogens is 3. The standard InChI is InChI=1S/C12H15Br3N2O/c13-9-7-10(14)12(11(15)8-9)18-6-5-17-3-1-16-2-4-17/h7-8,16H,1-6H2. The van der Waals surface area contributed by atoms with Crippen molar-refractivity contribution >= 4 is 47.8 Å². The summed E-state index contributed by atoms with van der Waals surface area (Å²) in [5.41, 5.74) is 0. The van der Waals surface area contributed by atoms with Gasteiger partial charge in [-0.05, 0) is 44.0 Å². The first-order chi connectivity index (χ1) is 8.66. The van der Waals surface area contributed by atoms with Crippen LogP contribution in [0.15, 0.2) is 25.6 Å². The van der Waals surface area contributed by atoms with Gasteiger partial charge < -0.3 is 10.1 Å². The van der Waals surface area contributed by atoms with Crippen LogP contribution in [0.3, 0.4) is 0 Å². The Kier molecular flexibility index (Phi) is 5.95. The molecule has 0 unspecified atom stereocenters. The lowest BCUT2D eigenvalue weighted by atomic mass is 10.3.